The van der Waals surface area contributed by atoms with Gasteiger partial charge in [-0.3, -0.25) is 0 Å². The Labute approximate surface area is 186 Å². The molecule has 10 heteroatoms. The van der Waals surface area contributed by atoms with Crippen molar-refractivity contribution in [3.8, 4) is 0 Å². The highest BCUT2D eigenvalue weighted by Gasteiger charge is 2.19. The van der Waals surface area contributed by atoms with Gasteiger partial charge in [-0.05, 0) is 23.8 Å². The smallest absolute Gasteiger partial charge is 0.232 e. The lowest BCUT2D eigenvalue weighted by Crippen LogP contribution is -2.39. The van der Waals surface area contributed by atoms with Gasteiger partial charge in [-0.2, -0.15) is 9.97 Å². The van der Waals surface area contributed by atoms with Crippen molar-refractivity contribution in [2.24, 2.45) is 0 Å². The second-order valence-electron chi connectivity index (χ2n) is 7.01. The normalized spacial score (nSPS) is 17.0. The van der Waals surface area contributed by atoms with Crippen LogP contribution in [0.5, 0.6) is 0 Å². The van der Waals surface area contributed by atoms with E-state index in [0.29, 0.717) is 49.1 Å². The Bertz CT molecular complexity index is 838. The van der Waals surface area contributed by atoms with E-state index in [9.17, 15) is 0 Å². The molecule has 2 fully saturated rings. The van der Waals surface area contributed by atoms with Crippen molar-refractivity contribution in [1.82, 2.24) is 15.3 Å². The second kappa shape index (κ2) is 10.2. The molecule has 160 valence electrons. The Hall–Kier alpha value is -2.20. The SMILES string of the molecule is S=C(NCc1ccccc1Cl)Nc1nc(N2CCOCC2)cc(N2CCOCC2)n1. The number of hydrogen-bond donors (Lipinski definition) is 2. The minimum atomic E-state index is 0.446. The largest absolute Gasteiger partial charge is 0.378 e. The lowest BCUT2D eigenvalue weighted by Gasteiger charge is -2.31. The average Bonchev–Trinajstić information content (AvgIpc) is 2.79. The third-order valence-corrected chi connectivity index (χ3v) is 5.61. The number of halogens is 1. The summed E-state index contributed by atoms with van der Waals surface area (Å²) >= 11 is 11.7. The molecule has 0 atom stereocenters. The fourth-order valence-corrected chi connectivity index (χ4v) is 3.72. The highest BCUT2D eigenvalue weighted by Crippen LogP contribution is 2.23. The lowest BCUT2D eigenvalue weighted by molar-refractivity contribution is 0.122. The Balaban J connectivity index is 1.48. The maximum absolute atomic E-state index is 6.22. The standard InChI is InChI=1S/C20H25ClN6O2S/c21-16-4-2-1-3-15(16)14-22-20(30)25-19-23-17(26-5-9-28-10-6-26)13-18(24-19)27-7-11-29-12-8-27/h1-4,13H,5-12,14H2,(H2,22,23,24,25,30). The van der Waals surface area contributed by atoms with Crippen molar-refractivity contribution in [2.45, 2.75) is 6.54 Å². The highest BCUT2D eigenvalue weighted by molar-refractivity contribution is 7.80. The molecular formula is C20H25ClN6O2S. The molecule has 0 unspecified atom stereocenters. The van der Waals surface area contributed by atoms with E-state index in [1.165, 1.54) is 0 Å². The summed E-state index contributed by atoms with van der Waals surface area (Å²) in [6.07, 6.45) is 0. The molecule has 0 aliphatic carbocycles. The van der Waals surface area contributed by atoms with Crippen molar-refractivity contribution < 1.29 is 9.47 Å². The molecule has 0 bridgehead atoms. The number of hydrogen-bond acceptors (Lipinski definition) is 7. The van der Waals surface area contributed by atoms with E-state index in [-0.39, 0.29) is 0 Å². The number of rotatable bonds is 5. The van der Waals surface area contributed by atoms with Crippen LogP contribution in [0.25, 0.3) is 0 Å². The maximum Gasteiger partial charge on any atom is 0.232 e. The molecule has 2 aliphatic heterocycles. The first-order chi connectivity index (χ1) is 14.7. The Morgan fingerprint density at radius 2 is 1.53 bits per heavy atom. The number of anilines is 3. The summed E-state index contributed by atoms with van der Waals surface area (Å²) in [4.78, 5) is 13.8. The summed E-state index contributed by atoms with van der Waals surface area (Å²) in [5.74, 6) is 2.20. The van der Waals surface area contributed by atoms with Gasteiger partial charge in [0.25, 0.3) is 0 Å². The predicted molar refractivity (Wildman–Crippen MR) is 123 cm³/mol. The number of morpholine rings is 2. The summed E-state index contributed by atoms with van der Waals surface area (Å²) < 4.78 is 11.0. The fourth-order valence-electron chi connectivity index (χ4n) is 3.35. The zero-order chi connectivity index (χ0) is 20.8. The lowest BCUT2D eigenvalue weighted by atomic mass is 10.2. The van der Waals surface area contributed by atoms with E-state index in [0.717, 1.165) is 43.4 Å². The fraction of sp³-hybridized carbons (Fsp3) is 0.450. The van der Waals surface area contributed by atoms with Crippen molar-refractivity contribution in [2.75, 3.05) is 67.7 Å². The van der Waals surface area contributed by atoms with Crippen LogP contribution in [-0.4, -0.2) is 67.7 Å². The number of benzene rings is 1. The topological polar surface area (TPSA) is 74.8 Å². The Morgan fingerprint density at radius 3 is 2.10 bits per heavy atom. The first-order valence-corrected chi connectivity index (χ1v) is 10.8. The molecule has 2 N–H and O–H groups in total. The molecule has 0 radical (unpaired) electrons. The monoisotopic (exact) mass is 448 g/mol. The number of nitrogens with zero attached hydrogens (tertiary/aromatic N) is 4. The van der Waals surface area contributed by atoms with Crippen LogP contribution in [-0.2, 0) is 16.0 Å². The minimum absolute atomic E-state index is 0.446. The van der Waals surface area contributed by atoms with Crippen LogP contribution in [0.2, 0.25) is 5.02 Å². The maximum atomic E-state index is 6.22. The molecule has 0 saturated carbocycles. The van der Waals surface area contributed by atoms with Crippen LogP contribution in [0.4, 0.5) is 17.6 Å². The first-order valence-electron chi connectivity index (χ1n) is 10.0. The Morgan fingerprint density at radius 1 is 0.967 bits per heavy atom. The average molecular weight is 449 g/mol. The Kier molecular flexibility index (Phi) is 7.16. The first kappa shape index (κ1) is 21.0. The van der Waals surface area contributed by atoms with Crippen LogP contribution in [0.3, 0.4) is 0 Å². The van der Waals surface area contributed by atoms with Crippen LogP contribution in [0.15, 0.2) is 30.3 Å². The van der Waals surface area contributed by atoms with Gasteiger partial charge in [0.05, 0.1) is 26.4 Å². The van der Waals surface area contributed by atoms with Crippen molar-refractivity contribution >= 4 is 46.5 Å². The zero-order valence-electron chi connectivity index (χ0n) is 16.6. The number of nitrogens with one attached hydrogen (secondary N) is 2. The summed E-state index contributed by atoms with van der Waals surface area (Å²) in [5.41, 5.74) is 0.973. The molecule has 1 aromatic heterocycles. The molecular weight excluding hydrogens is 424 g/mol. The van der Waals surface area contributed by atoms with E-state index in [4.69, 9.17) is 43.3 Å². The molecule has 0 spiro atoms. The van der Waals surface area contributed by atoms with Gasteiger partial charge in [0.15, 0.2) is 5.11 Å². The molecule has 3 heterocycles. The number of thiocarbonyl (C=S) groups is 1. The molecule has 0 amide bonds. The van der Waals surface area contributed by atoms with Crippen LogP contribution >= 0.6 is 23.8 Å². The van der Waals surface area contributed by atoms with Gasteiger partial charge < -0.3 is 29.9 Å². The van der Waals surface area contributed by atoms with E-state index < -0.39 is 0 Å². The van der Waals surface area contributed by atoms with Gasteiger partial charge in [0.2, 0.25) is 5.95 Å². The molecule has 2 aromatic rings. The summed E-state index contributed by atoms with van der Waals surface area (Å²) in [5, 5.41) is 7.45. The van der Waals surface area contributed by atoms with Crippen molar-refractivity contribution in [1.29, 1.82) is 0 Å². The van der Waals surface area contributed by atoms with Gasteiger partial charge in [-0.25, -0.2) is 0 Å². The minimum Gasteiger partial charge on any atom is -0.378 e. The van der Waals surface area contributed by atoms with Crippen LogP contribution in [0, 0.1) is 0 Å². The van der Waals surface area contributed by atoms with Gasteiger partial charge >= 0.3 is 0 Å². The van der Waals surface area contributed by atoms with Gasteiger partial charge in [0, 0.05) is 43.8 Å². The molecule has 2 saturated heterocycles. The van der Waals surface area contributed by atoms with Crippen LogP contribution in [0.1, 0.15) is 5.56 Å². The highest BCUT2D eigenvalue weighted by atomic mass is 35.5. The van der Waals surface area contributed by atoms with Gasteiger partial charge in [-0.15, -0.1) is 0 Å². The molecule has 4 rings (SSSR count). The second-order valence-corrected chi connectivity index (χ2v) is 7.82. The van der Waals surface area contributed by atoms with E-state index in [2.05, 4.69) is 20.4 Å². The quantitative estimate of drug-likeness (QED) is 0.670. The number of aromatic nitrogens is 2. The van der Waals surface area contributed by atoms with E-state index in [1.54, 1.807) is 0 Å². The summed E-state index contributed by atoms with van der Waals surface area (Å²) in [6, 6.07) is 9.70. The van der Waals surface area contributed by atoms with Crippen LogP contribution < -0.4 is 20.4 Å². The molecule has 2 aliphatic rings. The van der Waals surface area contributed by atoms with Crippen molar-refractivity contribution in [3.05, 3.63) is 40.9 Å². The molecule has 30 heavy (non-hydrogen) atoms. The third-order valence-electron chi connectivity index (χ3n) is 4.99. The van der Waals surface area contributed by atoms with Gasteiger partial charge in [-0.1, -0.05) is 29.8 Å². The van der Waals surface area contributed by atoms with E-state index in [1.807, 2.05) is 30.3 Å². The van der Waals surface area contributed by atoms with E-state index >= 15 is 0 Å². The molecule has 1 aromatic carbocycles. The van der Waals surface area contributed by atoms with Crippen molar-refractivity contribution in [3.63, 3.8) is 0 Å². The number of ether oxygens (including phenoxy) is 2. The zero-order valence-corrected chi connectivity index (χ0v) is 18.2. The summed E-state index contributed by atoms with van der Waals surface area (Å²) in [6.45, 7) is 6.49. The molecule has 8 nitrogen and oxygen atoms in total. The summed E-state index contributed by atoms with van der Waals surface area (Å²) in [7, 11) is 0. The van der Waals surface area contributed by atoms with Gasteiger partial charge in [0.1, 0.15) is 11.6 Å². The predicted octanol–water partition coefficient (Wildman–Crippen LogP) is 2.29. The third kappa shape index (κ3) is 5.48.